The van der Waals surface area contributed by atoms with Crippen molar-refractivity contribution < 1.29 is 14.3 Å². The van der Waals surface area contributed by atoms with Gasteiger partial charge in [0.1, 0.15) is 13.2 Å². The van der Waals surface area contributed by atoms with Gasteiger partial charge in [0.15, 0.2) is 16.3 Å². The summed E-state index contributed by atoms with van der Waals surface area (Å²) in [5.74, 6) is 1.30. The molecule has 3 aromatic rings. The van der Waals surface area contributed by atoms with Gasteiger partial charge in [0.2, 0.25) is 0 Å². The van der Waals surface area contributed by atoms with Crippen molar-refractivity contribution in [3.63, 3.8) is 0 Å². The number of benzene rings is 2. The molecule has 1 amide bonds. The van der Waals surface area contributed by atoms with Crippen LogP contribution in [0.5, 0.6) is 11.5 Å². The summed E-state index contributed by atoms with van der Waals surface area (Å²) in [4.78, 5) is 17.7. The lowest BCUT2D eigenvalue weighted by atomic mass is 10.0. The van der Waals surface area contributed by atoms with Crippen LogP contribution in [0.2, 0.25) is 0 Å². The Labute approximate surface area is 167 Å². The zero-order valence-electron chi connectivity index (χ0n) is 16.0. The molecular weight excluding hydrogens is 372 g/mol. The average Bonchev–Trinajstić information content (AvgIpc) is 2.99. The van der Waals surface area contributed by atoms with E-state index >= 15 is 0 Å². The first-order chi connectivity index (χ1) is 13.5. The molecule has 28 heavy (non-hydrogen) atoms. The Morgan fingerprint density at radius 1 is 1.18 bits per heavy atom. The summed E-state index contributed by atoms with van der Waals surface area (Å²) in [7, 11) is 0. The van der Waals surface area contributed by atoms with Crippen LogP contribution in [0, 0.1) is 13.8 Å². The number of rotatable bonds is 4. The molecule has 1 aliphatic rings. The summed E-state index contributed by atoms with van der Waals surface area (Å²) in [5, 5.41) is 0. The third kappa shape index (κ3) is 3.60. The molecule has 1 aromatic heterocycles. The third-order valence-electron chi connectivity index (χ3n) is 4.81. The Kier molecular flexibility index (Phi) is 5.05. The van der Waals surface area contributed by atoms with Crippen LogP contribution in [0.1, 0.15) is 16.7 Å². The van der Waals surface area contributed by atoms with Gasteiger partial charge in [-0.15, -0.1) is 6.58 Å². The van der Waals surface area contributed by atoms with Crippen LogP contribution in [-0.4, -0.2) is 23.7 Å². The third-order valence-corrected chi connectivity index (χ3v) is 5.85. The molecule has 0 saturated carbocycles. The fourth-order valence-corrected chi connectivity index (χ4v) is 4.30. The van der Waals surface area contributed by atoms with Gasteiger partial charge in [-0.2, -0.15) is 4.99 Å². The van der Waals surface area contributed by atoms with Gasteiger partial charge >= 0.3 is 0 Å². The topological polar surface area (TPSA) is 52.8 Å². The Morgan fingerprint density at radius 3 is 2.64 bits per heavy atom. The van der Waals surface area contributed by atoms with Crippen molar-refractivity contribution in [3.05, 3.63) is 64.5 Å². The molecule has 0 spiro atoms. The average molecular weight is 394 g/mol. The number of hydrogen-bond acceptors (Lipinski definition) is 4. The first-order valence-electron chi connectivity index (χ1n) is 9.22. The normalized spacial score (nSPS) is 13.7. The van der Waals surface area contributed by atoms with Crippen molar-refractivity contribution in [1.82, 2.24) is 4.57 Å². The second-order valence-corrected chi connectivity index (χ2v) is 7.86. The number of carbonyl (C=O) groups excluding carboxylic acids is 1. The van der Waals surface area contributed by atoms with Gasteiger partial charge in [0.25, 0.3) is 5.91 Å². The summed E-state index contributed by atoms with van der Waals surface area (Å²) in [6.45, 7) is 9.60. The summed E-state index contributed by atoms with van der Waals surface area (Å²) < 4.78 is 14.4. The molecule has 0 atom stereocenters. The van der Waals surface area contributed by atoms with E-state index in [2.05, 4.69) is 25.4 Å². The van der Waals surface area contributed by atoms with E-state index in [0.29, 0.717) is 24.6 Å². The van der Waals surface area contributed by atoms with Crippen molar-refractivity contribution in [1.29, 1.82) is 0 Å². The van der Waals surface area contributed by atoms with Crippen molar-refractivity contribution in [2.24, 2.45) is 4.99 Å². The van der Waals surface area contributed by atoms with E-state index in [0.717, 1.165) is 27.3 Å². The first-order valence-corrected chi connectivity index (χ1v) is 10.0. The summed E-state index contributed by atoms with van der Waals surface area (Å²) in [5.41, 5.74) is 4.34. The molecule has 0 N–H and O–H groups in total. The molecule has 0 fully saturated rings. The van der Waals surface area contributed by atoms with Crippen molar-refractivity contribution in [3.8, 4) is 11.5 Å². The Bertz CT molecular complexity index is 1140. The van der Waals surface area contributed by atoms with E-state index in [1.165, 1.54) is 22.5 Å². The molecule has 0 radical (unpaired) electrons. The lowest BCUT2D eigenvalue weighted by Gasteiger charge is -2.18. The van der Waals surface area contributed by atoms with Crippen molar-refractivity contribution in [2.45, 2.75) is 26.8 Å². The molecule has 0 aliphatic carbocycles. The van der Waals surface area contributed by atoms with Crippen LogP contribution < -0.4 is 14.3 Å². The molecule has 0 unspecified atom stereocenters. The lowest BCUT2D eigenvalue weighted by Crippen LogP contribution is -2.17. The van der Waals surface area contributed by atoms with E-state index in [1.54, 1.807) is 6.08 Å². The zero-order chi connectivity index (χ0) is 19.7. The minimum Gasteiger partial charge on any atom is -0.486 e. The number of nitrogens with zero attached hydrogens (tertiary/aromatic N) is 2. The van der Waals surface area contributed by atoms with Gasteiger partial charge < -0.3 is 14.0 Å². The maximum atomic E-state index is 12.6. The van der Waals surface area contributed by atoms with E-state index in [-0.39, 0.29) is 12.3 Å². The van der Waals surface area contributed by atoms with E-state index in [1.807, 2.05) is 34.9 Å². The van der Waals surface area contributed by atoms with Crippen LogP contribution in [0.25, 0.3) is 10.2 Å². The summed E-state index contributed by atoms with van der Waals surface area (Å²) in [6.07, 6.45) is 2.09. The minimum absolute atomic E-state index is 0.162. The molecule has 5 nitrogen and oxygen atoms in total. The molecule has 0 saturated heterocycles. The maximum Gasteiger partial charge on any atom is 0.252 e. The summed E-state index contributed by atoms with van der Waals surface area (Å²) >= 11 is 1.47. The fourth-order valence-electron chi connectivity index (χ4n) is 3.23. The standard InChI is InChI=1S/C22H22N2O3S/c1-4-7-24-17-12-18-19(27-9-8-26-18)13-20(17)28-22(24)23-21(25)11-16-6-5-14(2)15(3)10-16/h4-6,10,12-13H,1,7-9,11H2,2-3H3. The molecular formula is C22H22N2O3S. The molecule has 0 bridgehead atoms. The second-order valence-electron chi connectivity index (χ2n) is 6.85. The van der Waals surface area contributed by atoms with Crippen molar-refractivity contribution >= 4 is 27.5 Å². The first kappa shape index (κ1) is 18.5. The predicted molar refractivity (Wildman–Crippen MR) is 111 cm³/mol. The molecule has 2 heterocycles. The lowest BCUT2D eigenvalue weighted by molar-refractivity contribution is -0.117. The number of fused-ring (bicyclic) bond motifs is 2. The highest BCUT2D eigenvalue weighted by Crippen LogP contribution is 2.35. The number of aromatic nitrogens is 1. The van der Waals surface area contributed by atoms with E-state index in [9.17, 15) is 4.79 Å². The van der Waals surface area contributed by atoms with Crippen LogP contribution >= 0.6 is 11.3 Å². The number of thiazole rings is 1. The predicted octanol–water partition coefficient (Wildman–Crippen LogP) is 3.95. The number of ether oxygens (including phenoxy) is 2. The second kappa shape index (κ2) is 7.64. The smallest absolute Gasteiger partial charge is 0.252 e. The molecule has 144 valence electrons. The quantitative estimate of drug-likeness (QED) is 0.630. The van der Waals surface area contributed by atoms with E-state index in [4.69, 9.17) is 9.47 Å². The van der Waals surface area contributed by atoms with Gasteiger partial charge in [-0.3, -0.25) is 4.79 Å². The van der Waals surface area contributed by atoms with Crippen LogP contribution in [0.3, 0.4) is 0 Å². The van der Waals surface area contributed by atoms with Gasteiger partial charge in [-0.05, 0) is 30.5 Å². The molecule has 1 aliphatic heterocycles. The highest BCUT2D eigenvalue weighted by Gasteiger charge is 2.16. The summed E-state index contributed by atoms with van der Waals surface area (Å²) in [6, 6.07) is 9.99. The zero-order valence-corrected chi connectivity index (χ0v) is 16.8. The van der Waals surface area contributed by atoms with Gasteiger partial charge in [0, 0.05) is 18.7 Å². The highest BCUT2D eigenvalue weighted by atomic mass is 32.1. The SMILES string of the molecule is C=CCn1c(=NC(=O)Cc2ccc(C)c(C)c2)sc2cc3c(cc21)OCCO3. The number of hydrogen-bond donors (Lipinski definition) is 0. The van der Waals surface area contributed by atoms with Gasteiger partial charge in [-0.1, -0.05) is 35.6 Å². The van der Waals surface area contributed by atoms with Gasteiger partial charge in [-0.25, -0.2) is 0 Å². The molecule has 4 rings (SSSR count). The number of carbonyl (C=O) groups is 1. The fraction of sp³-hybridized carbons (Fsp3) is 0.273. The molecule has 6 heteroatoms. The van der Waals surface area contributed by atoms with Crippen LogP contribution in [0.4, 0.5) is 0 Å². The number of aryl methyl sites for hydroxylation is 2. The maximum absolute atomic E-state index is 12.6. The van der Waals surface area contributed by atoms with Crippen LogP contribution in [0.15, 0.2) is 48.0 Å². The van der Waals surface area contributed by atoms with Crippen LogP contribution in [-0.2, 0) is 17.8 Å². The highest BCUT2D eigenvalue weighted by molar-refractivity contribution is 7.16. The number of amides is 1. The largest absolute Gasteiger partial charge is 0.486 e. The minimum atomic E-state index is -0.162. The Hall–Kier alpha value is -2.86. The van der Waals surface area contributed by atoms with E-state index < -0.39 is 0 Å². The Balaban J connectivity index is 1.73. The van der Waals surface area contributed by atoms with Crippen molar-refractivity contribution in [2.75, 3.05) is 13.2 Å². The van der Waals surface area contributed by atoms with Gasteiger partial charge in [0.05, 0.1) is 16.6 Å². The molecule has 2 aromatic carbocycles. The monoisotopic (exact) mass is 394 g/mol. The Morgan fingerprint density at radius 2 is 1.93 bits per heavy atom. The number of allylic oxidation sites excluding steroid dienone is 1.